The molecule has 0 spiro atoms. The molecule has 1 aliphatic rings. The van der Waals surface area contributed by atoms with Gasteiger partial charge in [0, 0.05) is 18.8 Å². The monoisotopic (exact) mass is 433 g/mol. The van der Waals surface area contributed by atoms with Crippen molar-refractivity contribution in [3.05, 3.63) is 66.0 Å². The molecule has 4 rings (SSSR count). The van der Waals surface area contributed by atoms with Crippen LogP contribution in [0.2, 0.25) is 0 Å². The third-order valence-corrected chi connectivity index (χ3v) is 4.53. The van der Waals surface area contributed by atoms with Crippen molar-refractivity contribution in [3.8, 4) is 11.4 Å². The number of rotatable bonds is 5. The van der Waals surface area contributed by atoms with E-state index in [-0.39, 0.29) is 17.5 Å². The second-order valence-electron chi connectivity index (χ2n) is 6.73. The van der Waals surface area contributed by atoms with Gasteiger partial charge in [-0.1, -0.05) is 17.3 Å². The van der Waals surface area contributed by atoms with Crippen LogP contribution < -0.4 is 15.4 Å². The van der Waals surface area contributed by atoms with Crippen LogP contribution in [-0.2, 0) is 4.74 Å². The lowest BCUT2D eigenvalue weighted by Crippen LogP contribution is -2.33. The molecule has 1 amide bonds. The zero-order chi connectivity index (χ0) is 21.8. The molecule has 2 N–H and O–H groups in total. The topological polar surface area (TPSA) is 90.3 Å². The Morgan fingerprint density at radius 2 is 1.90 bits per heavy atom. The first-order chi connectivity index (χ1) is 14.9. The Balaban J connectivity index is 1.39. The molecule has 162 valence electrons. The number of carbonyl (C=O) groups excluding carboxylic acids is 1. The fourth-order valence-corrected chi connectivity index (χ4v) is 3.05. The van der Waals surface area contributed by atoms with Crippen molar-refractivity contribution in [1.82, 2.24) is 20.3 Å². The highest BCUT2D eigenvalue weighted by Crippen LogP contribution is 2.24. The fourth-order valence-electron chi connectivity index (χ4n) is 3.05. The van der Waals surface area contributed by atoms with Crippen LogP contribution >= 0.6 is 0 Å². The van der Waals surface area contributed by atoms with Crippen LogP contribution in [0.3, 0.4) is 0 Å². The molecule has 31 heavy (non-hydrogen) atoms. The summed E-state index contributed by atoms with van der Waals surface area (Å²) in [5.41, 5.74) is 2.07. The van der Waals surface area contributed by atoms with Gasteiger partial charge in [-0.25, -0.2) is 4.68 Å². The molecular formula is C20H18F3N5O3. The standard InChI is InChI=1S/C20H18F3N5O3/c21-20(22,23)31-16-7-5-15(6-8-16)28-12-17(26-27-28)19(29)25-14-3-1-13(2-4-14)18-11-24-9-10-30-18/h1-8,12,18,24H,9-11H2,(H,25,29)/t18-/m1/s1. The Morgan fingerprint density at radius 1 is 1.16 bits per heavy atom. The maximum Gasteiger partial charge on any atom is 0.573 e. The van der Waals surface area contributed by atoms with E-state index in [1.165, 1.54) is 23.0 Å². The number of amides is 1. The second kappa shape index (κ2) is 8.74. The quantitative estimate of drug-likeness (QED) is 0.643. The van der Waals surface area contributed by atoms with Crippen LogP contribution in [0.25, 0.3) is 5.69 Å². The molecule has 0 aliphatic carbocycles. The van der Waals surface area contributed by atoms with Gasteiger partial charge >= 0.3 is 6.36 Å². The zero-order valence-electron chi connectivity index (χ0n) is 16.1. The van der Waals surface area contributed by atoms with Gasteiger partial charge in [0.25, 0.3) is 5.91 Å². The minimum atomic E-state index is -4.77. The van der Waals surface area contributed by atoms with E-state index in [4.69, 9.17) is 4.74 Å². The molecule has 0 unspecified atom stereocenters. The number of hydrogen-bond donors (Lipinski definition) is 2. The number of ether oxygens (including phenoxy) is 2. The summed E-state index contributed by atoms with van der Waals surface area (Å²) in [6.07, 6.45) is -3.41. The van der Waals surface area contributed by atoms with Gasteiger partial charge in [0.2, 0.25) is 0 Å². The normalized spacial score (nSPS) is 16.7. The average Bonchev–Trinajstić information content (AvgIpc) is 3.25. The molecule has 1 saturated heterocycles. The number of nitrogens with zero attached hydrogens (tertiary/aromatic N) is 3. The molecule has 2 heterocycles. The lowest BCUT2D eigenvalue weighted by molar-refractivity contribution is -0.274. The summed E-state index contributed by atoms with van der Waals surface area (Å²) in [7, 11) is 0. The van der Waals surface area contributed by atoms with E-state index in [1.807, 2.05) is 12.1 Å². The van der Waals surface area contributed by atoms with E-state index in [9.17, 15) is 18.0 Å². The Bertz CT molecular complexity index is 1030. The molecule has 1 fully saturated rings. The number of aromatic nitrogens is 3. The number of morpholine rings is 1. The predicted octanol–water partition coefficient (Wildman–Crippen LogP) is 3.08. The van der Waals surface area contributed by atoms with Crippen molar-refractivity contribution in [1.29, 1.82) is 0 Å². The molecule has 2 aromatic carbocycles. The number of halogens is 3. The molecule has 1 aliphatic heterocycles. The molecule has 3 aromatic rings. The first-order valence-corrected chi connectivity index (χ1v) is 9.39. The molecule has 0 saturated carbocycles. The summed E-state index contributed by atoms with van der Waals surface area (Å²) >= 11 is 0. The van der Waals surface area contributed by atoms with Crippen molar-refractivity contribution < 1.29 is 27.4 Å². The zero-order valence-corrected chi connectivity index (χ0v) is 16.1. The lowest BCUT2D eigenvalue weighted by Gasteiger charge is -2.24. The summed E-state index contributed by atoms with van der Waals surface area (Å²) in [5.74, 6) is -0.821. The van der Waals surface area contributed by atoms with E-state index in [2.05, 4.69) is 25.7 Å². The summed E-state index contributed by atoms with van der Waals surface area (Å²) in [6, 6.07) is 12.4. The maximum absolute atomic E-state index is 12.4. The van der Waals surface area contributed by atoms with Crippen LogP contribution in [0.1, 0.15) is 22.2 Å². The number of benzene rings is 2. The Hall–Kier alpha value is -3.44. The van der Waals surface area contributed by atoms with E-state index < -0.39 is 12.3 Å². The average molecular weight is 433 g/mol. The van der Waals surface area contributed by atoms with Gasteiger partial charge in [0.05, 0.1) is 24.6 Å². The van der Waals surface area contributed by atoms with E-state index in [0.29, 0.717) is 18.0 Å². The number of anilines is 1. The third kappa shape index (κ3) is 5.38. The van der Waals surface area contributed by atoms with Gasteiger partial charge in [-0.05, 0) is 42.0 Å². The maximum atomic E-state index is 12.4. The fraction of sp³-hybridized carbons (Fsp3) is 0.250. The van der Waals surface area contributed by atoms with Gasteiger partial charge in [0.1, 0.15) is 5.75 Å². The molecular weight excluding hydrogens is 415 g/mol. The van der Waals surface area contributed by atoms with Crippen LogP contribution in [0, 0.1) is 0 Å². The molecule has 8 nitrogen and oxygen atoms in total. The summed E-state index contributed by atoms with van der Waals surface area (Å²) in [6.45, 7) is 2.21. The number of hydrogen-bond acceptors (Lipinski definition) is 6. The Labute approximate surface area is 175 Å². The predicted molar refractivity (Wildman–Crippen MR) is 104 cm³/mol. The highest BCUT2D eigenvalue weighted by molar-refractivity contribution is 6.02. The highest BCUT2D eigenvalue weighted by atomic mass is 19.4. The number of carbonyl (C=O) groups is 1. The SMILES string of the molecule is O=C(Nc1ccc([C@H]2CNCCO2)cc1)c1cn(-c2ccc(OC(F)(F)F)cc2)nn1. The smallest absolute Gasteiger partial charge is 0.406 e. The van der Waals surface area contributed by atoms with Crippen molar-refractivity contribution >= 4 is 11.6 Å². The van der Waals surface area contributed by atoms with Gasteiger partial charge in [-0.3, -0.25) is 4.79 Å². The van der Waals surface area contributed by atoms with Crippen molar-refractivity contribution in [2.45, 2.75) is 12.5 Å². The Morgan fingerprint density at radius 3 is 2.55 bits per heavy atom. The number of nitrogens with one attached hydrogen (secondary N) is 2. The largest absolute Gasteiger partial charge is 0.573 e. The number of alkyl halides is 3. The van der Waals surface area contributed by atoms with Crippen LogP contribution in [0.15, 0.2) is 54.7 Å². The summed E-state index contributed by atoms with van der Waals surface area (Å²) in [4.78, 5) is 12.4. The summed E-state index contributed by atoms with van der Waals surface area (Å²) in [5, 5.41) is 13.7. The molecule has 1 atom stereocenters. The molecule has 0 bridgehead atoms. The lowest BCUT2D eigenvalue weighted by atomic mass is 10.1. The van der Waals surface area contributed by atoms with E-state index in [1.54, 1.807) is 12.1 Å². The minimum absolute atomic E-state index is 0.0219. The molecule has 1 aromatic heterocycles. The second-order valence-corrected chi connectivity index (χ2v) is 6.73. The Kier molecular flexibility index (Phi) is 5.87. The summed E-state index contributed by atoms with van der Waals surface area (Å²) < 4.78 is 47.6. The van der Waals surface area contributed by atoms with Crippen molar-refractivity contribution in [2.24, 2.45) is 0 Å². The van der Waals surface area contributed by atoms with Crippen LogP contribution in [-0.4, -0.2) is 47.0 Å². The van der Waals surface area contributed by atoms with Gasteiger partial charge in [0.15, 0.2) is 5.69 Å². The van der Waals surface area contributed by atoms with Gasteiger partial charge in [-0.15, -0.1) is 18.3 Å². The van der Waals surface area contributed by atoms with E-state index in [0.717, 1.165) is 30.8 Å². The van der Waals surface area contributed by atoms with Crippen LogP contribution in [0.4, 0.5) is 18.9 Å². The van der Waals surface area contributed by atoms with Gasteiger partial charge < -0.3 is 20.1 Å². The first-order valence-electron chi connectivity index (χ1n) is 9.39. The van der Waals surface area contributed by atoms with Gasteiger partial charge in [-0.2, -0.15) is 0 Å². The first kappa shape index (κ1) is 20.8. The highest BCUT2D eigenvalue weighted by Gasteiger charge is 2.31. The van der Waals surface area contributed by atoms with E-state index >= 15 is 0 Å². The molecule has 0 radical (unpaired) electrons. The minimum Gasteiger partial charge on any atom is -0.406 e. The molecule has 11 heteroatoms. The third-order valence-electron chi connectivity index (χ3n) is 4.53. The van der Waals surface area contributed by atoms with Crippen molar-refractivity contribution in [3.63, 3.8) is 0 Å². The van der Waals surface area contributed by atoms with Crippen LogP contribution in [0.5, 0.6) is 5.75 Å². The van der Waals surface area contributed by atoms with Crippen molar-refractivity contribution in [2.75, 3.05) is 25.0 Å².